The summed E-state index contributed by atoms with van der Waals surface area (Å²) in [5, 5.41) is 13.0. The molecule has 5 nitrogen and oxygen atoms in total. The number of likely N-dealkylation sites (N-methyl/N-ethyl adjacent to an activating group) is 1. The molecule has 0 saturated carbocycles. The summed E-state index contributed by atoms with van der Waals surface area (Å²) in [4.78, 5) is 14.9. The Morgan fingerprint density at radius 2 is 2.14 bits per heavy atom. The molecule has 1 aliphatic heterocycles. The van der Waals surface area contributed by atoms with Gasteiger partial charge in [0.25, 0.3) is 0 Å². The molecule has 0 bridgehead atoms. The highest BCUT2D eigenvalue weighted by molar-refractivity contribution is 5.89. The molecule has 29 heavy (non-hydrogen) atoms. The van der Waals surface area contributed by atoms with Crippen LogP contribution in [0.2, 0.25) is 0 Å². The molecule has 4 rings (SSSR count). The van der Waals surface area contributed by atoms with E-state index >= 15 is 0 Å². The molecule has 2 heterocycles. The number of hydrogen-bond donors (Lipinski definition) is 2. The van der Waals surface area contributed by atoms with E-state index in [0.29, 0.717) is 35.8 Å². The number of carbonyl (C=O) groups is 1. The van der Waals surface area contributed by atoms with Gasteiger partial charge < -0.3 is 15.3 Å². The van der Waals surface area contributed by atoms with Crippen LogP contribution in [0.3, 0.4) is 0 Å². The number of piperidine rings is 1. The number of hydrogen-bond acceptors (Lipinski definition) is 3. The molecule has 1 aromatic heterocycles. The Balaban J connectivity index is 1.69. The molecular weight excluding hydrogens is 383 g/mol. The number of nitrogens with zero attached hydrogens (tertiary/aromatic N) is 2. The molecule has 4 atom stereocenters. The lowest BCUT2D eigenvalue weighted by molar-refractivity contribution is -0.200. The third kappa shape index (κ3) is 3.42. The zero-order valence-corrected chi connectivity index (χ0v) is 16.5. The Morgan fingerprint density at radius 1 is 1.38 bits per heavy atom. The second-order valence-electron chi connectivity index (χ2n) is 8.28. The van der Waals surface area contributed by atoms with Gasteiger partial charge in [-0.3, -0.25) is 9.36 Å². The van der Waals surface area contributed by atoms with Gasteiger partial charge in [-0.1, -0.05) is 19.1 Å². The van der Waals surface area contributed by atoms with Crippen LogP contribution in [-0.4, -0.2) is 52.8 Å². The molecule has 0 spiro atoms. The number of halogens is 3. The first kappa shape index (κ1) is 20.2. The number of alkyl halides is 3. The fourth-order valence-electron chi connectivity index (χ4n) is 5.04. The molecule has 8 heteroatoms. The normalized spacial score (nSPS) is 25.7. The zero-order chi connectivity index (χ0) is 20.9. The Kier molecular flexibility index (Phi) is 5.11. The van der Waals surface area contributed by atoms with E-state index in [0.717, 1.165) is 11.1 Å². The lowest BCUT2D eigenvalue weighted by atomic mass is 9.72. The maximum atomic E-state index is 13.5. The SMILES string of the molecule is CC[C@@H](CO)NC(=O)[C@@H]1CC2c3cccc4c3c(cn4C(F)(F)F)C[C@H]2N(C)C1. The van der Waals surface area contributed by atoms with Crippen LogP contribution < -0.4 is 5.32 Å². The van der Waals surface area contributed by atoms with E-state index in [1.54, 1.807) is 6.07 Å². The van der Waals surface area contributed by atoms with Gasteiger partial charge in [-0.2, -0.15) is 0 Å². The first-order valence-electron chi connectivity index (χ1n) is 10.1. The highest BCUT2D eigenvalue weighted by Crippen LogP contribution is 2.46. The number of nitrogens with one attached hydrogen (secondary N) is 1. The average Bonchev–Trinajstić information content (AvgIpc) is 3.07. The van der Waals surface area contributed by atoms with Crippen LogP contribution in [-0.2, 0) is 17.5 Å². The van der Waals surface area contributed by atoms with Gasteiger partial charge in [-0.15, -0.1) is 13.2 Å². The number of carbonyl (C=O) groups excluding carboxylic acids is 1. The Morgan fingerprint density at radius 3 is 2.79 bits per heavy atom. The minimum absolute atomic E-state index is 0.000938. The second kappa shape index (κ2) is 7.32. The molecule has 1 saturated heterocycles. The maximum absolute atomic E-state index is 13.5. The molecule has 2 aliphatic rings. The Labute approximate surface area is 167 Å². The molecule has 1 aliphatic carbocycles. The number of likely N-dealkylation sites (tertiary alicyclic amines) is 1. The fraction of sp³-hybridized carbons (Fsp3) is 0.571. The van der Waals surface area contributed by atoms with Gasteiger partial charge in [-0.05, 0) is 43.5 Å². The monoisotopic (exact) mass is 409 g/mol. The van der Waals surface area contributed by atoms with Gasteiger partial charge in [0.1, 0.15) is 0 Å². The summed E-state index contributed by atoms with van der Waals surface area (Å²) in [7, 11) is 1.94. The largest absolute Gasteiger partial charge is 0.488 e. The van der Waals surface area contributed by atoms with E-state index in [-0.39, 0.29) is 42.0 Å². The van der Waals surface area contributed by atoms with Crippen LogP contribution in [0.15, 0.2) is 24.4 Å². The summed E-state index contributed by atoms with van der Waals surface area (Å²) in [6.45, 7) is 2.35. The molecule has 1 amide bonds. The minimum Gasteiger partial charge on any atom is -0.394 e. The van der Waals surface area contributed by atoms with Crippen molar-refractivity contribution in [3.63, 3.8) is 0 Å². The lowest BCUT2D eigenvalue weighted by Gasteiger charge is -2.45. The Hall–Kier alpha value is -2.06. The molecule has 1 unspecified atom stereocenters. The summed E-state index contributed by atoms with van der Waals surface area (Å²) in [5.41, 5.74) is 1.80. The number of aliphatic hydroxyl groups is 1. The highest BCUT2D eigenvalue weighted by atomic mass is 19.4. The quantitative estimate of drug-likeness (QED) is 0.817. The molecule has 1 aromatic carbocycles. The number of aliphatic hydroxyl groups excluding tert-OH is 1. The minimum atomic E-state index is -4.46. The van der Waals surface area contributed by atoms with Crippen molar-refractivity contribution < 1.29 is 23.1 Å². The molecular formula is C21H26F3N3O2. The molecule has 158 valence electrons. The van der Waals surface area contributed by atoms with E-state index in [1.165, 1.54) is 12.3 Å². The van der Waals surface area contributed by atoms with E-state index in [1.807, 2.05) is 20.0 Å². The summed E-state index contributed by atoms with van der Waals surface area (Å²) in [6.07, 6.45) is -1.45. The van der Waals surface area contributed by atoms with Gasteiger partial charge in [0.15, 0.2) is 0 Å². The van der Waals surface area contributed by atoms with Crippen LogP contribution >= 0.6 is 0 Å². The summed E-state index contributed by atoms with van der Waals surface area (Å²) >= 11 is 0. The third-order valence-electron chi connectivity index (χ3n) is 6.55. The fourth-order valence-corrected chi connectivity index (χ4v) is 5.04. The van der Waals surface area contributed by atoms with Gasteiger partial charge in [0.05, 0.1) is 24.1 Å². The topological polar surface area (TPSA) is 57.5 Å². The van der Waals surface area contributed by atoms with E-state index in [2.05, 4.69) is 10.2 Å². The smallest absolute Gasteiger partial charge is 0.394 e. The summed E-state index contributed by atoms with van der Waals surface area (Å²) < 4.78 is 40.9. The van der Waals surface area contributed by atoms with Crippen molar-refractivity contribution in [2.24, 2.45) is 5.92 Å². The van der Waals surface area contributed by atoms with Crippen molar-refractivity contribution in [3.8, 4) is 0 Å². The van der Waals surface area contributed by atoms with Crippen molar-refractivity contribution in [2.45, 2.75) is 50.5 Å². The van der Waals surface area contributed by atoms with Gasteiger partial charge in [-0.25, -0.2) is 0 Å². The zero-order valence-electron chi connectivity index (χ0n) is 16.5. The first-order valence-corrected chi connectivity index (χ1v) is 10.1. The highest BCUT2D eigenvalue weighted by Gasteiger charge is 2.43. The number of fused-ring (bicyclic) bond motifs is 2. The van der Waals surface area contributed by atoms with Crippen molar-refractivity contribution in [3.05, 3.63) is 35.5 Å². The van der Waals surface area contributed by atoms with E-state index in [9.17, 15) is 23.1 Å². The van der Waals surface area contributed by atoms with Crippen LogP contribution in [0, 0.1) is 5.92 Å². The van der Waals surface area contributed by atoms with Gasteiger partial charge >= 0.3 is 6.30 Å². The van der Waals surface area contributed by atoms with Crippen LogP contribution in [0.5, 0.6) is 0 Å². The standard InChI is InChI=1S/C21H26F3N3O2/c1-3-14(11-28)25-20(29)13-7-16-15-5-4-6-17-19(15)12(8-18(16)26(2)9-13)10-27(17)21(22,23)24/h4-6,10,13-14,16,18,28H,3,7-9,11H2,1-2H3,(H,25,29)/t13-,14+,16?,18-/m1/s1. The van der Waals surface area contributed by atoms with Crippen LogP contribution in [0.1, 0.15) is 36.8 Å². The predicted molar refractivity (Wildman–Crippen MR) is 104 cm³/mol. The van der Waals surface area contributed by atoms with Gasteiger partial charge in [0, 0.05) is 30.1 Å². The number of amides is 1. The van der Waals surface area contributed by atoms with E-state index in [4.69, 9.17) is 0 Å². The summed E-state index contributed by atoms with van der Waals surface area (Å²) in [6, 6.07) is 4.89. The first-order chi connectivity index (χ1) is 13.7. The van der Waals surface area contributed by atoms with Crippen molar-refractivity contribution in [1.82, 2.24) is 14.8 Å². The molecule has 1 fully saturated rings. The van der Waals surface area contributed by atoms with Crippen molar-refractivity contribution in [1.29, 1.82) is 0 Å². The Bertz CT molecular complexity index is 920. The van der Waals surface area contributed by atoms with Crippen molar-refractivity contribution >= 4 is 16.8 Å². The average molecular weight is 409 g/mol. The third-order valence-corrected chi connectivity index (χ3v) is 6.55. The van der Waals surface area contributed by atoms with Crippen LogP contribution in [0.25, 0.3) is 10.9 Å². The van der Waals surface area contributed by atoms with E-state index < -0.39 is 6.30 Å². The maximum Gasteiger partial charge on any atom is 0.488 e. The van der Waals surface area contributed by atoms with Crippen molar-refractivity contribution in [2.75, 3.05) is 20.2 Å². The predicted octanol–water partition coefficient (Wildman–Crippen LogP) is 2.96. The molecule has 2 N–H and O–H groups in total. The number of aromatic nitrogens is 1. The molecule has 0 radical (unpaired) electrons. The van der Waals surface area contributed by atoms with Gasteiger partial charge in [0.2, 0.25) is 5.91 Å². The second-order valence-corrected chi connectivity index (χ2v) is 8.28. The number of rotatable bonds is 4. The van der Waals surface area contributed by atoms with Crippen LogP contribution in [0.4, 0.5) is 13.2 Å². The number of benzene rings is 1. The lowest BCUT2D eigenvalue weighted by Crippen LogP contribution is -2.52. The summed E-state index contributed by atoms with van der Waals surface area (Å²) in [5.74, 6) is -0.357. The molecule has 2 aromatic rings.